The Morgan fingerprint density at radius 1 is 1.37 bits per heavy atom. The number of hydroxylamine groups is 2. The second kappa shape index (κ2) is 7.55. The first-order valence-corrected chi connectivity index (χ1v) is 6.25. The largest absolute Gasteiger partial charge is 0.351 e. The lowest BCUT2D eigenvalue weighted by atomic mass is 10.2. The maximum atomic E-state index is 11.4. The van der Waals surface area contributed by atoms with Crippen LogP contribution in [0.15, 0.2) is 34.8 Å². The molecule has 0 atom stereocenters. The van der Waals surface area contributed by atoms with Gasteiger partial charge in [0.1, 0.15) is 0 Å². The lowest BCUT2D eigenvalue weighted by Gasteiger charge is -2.11. The van der Waals surface area contributed by atoms with Crippen LogP contribution in [0.3, 0.4) is 0 Å². The fraction of sp³-hybridized carbons (Fsp3) is 0.167. The van der Waals surface area contributed by atoms with Crippen LogP contribution in [-0.2, 0) is 4.79 Å². The number of benzene rings is 1. The fourth-order valence-electron chi connectivity index (χ4n) is 1.20. The number of carbonyl (C=O) groups is 2. The van der Waals surface area contributed by atoms with Crippen LogP contribution >= 0.6 is 15.9 Å². The molecule has 0 aliphatic rings. The SMILES string of the molecule is NC(=O)N(O)CCNC(=O)C=Cc1ccc(Br)cc1. The van der Waals surface area contributed by atoms with Crippen molar-refractivity contribution in [3.05, 3.63) is 40.4 Å². The third-order valence-electron chi connectivity index (χ3n) is 2.17. The van der Waals surface area contributed by atoms with E-state index in [1.54, 1.807) is 6.08 Å². The Morgan fingerprint density at radius 2 is 2.00 bits per heavy atom. The third kappa shape index (κ3) is 6.03. The molecule has 0 bridgehead atoms. The number of primary amides is 1. The zero-order valence-electron chi connectivity index (χ0n) is 10.0. The van der Waals surface area contributed by atoms with E-state index in [9.17, 15) is 9.59 Å². The topological polar surface area (TPSA) is 95.7 Å². The highest BCUT2D eigenvalue weighted by atomic mass is 79.9. The van der Waals surface area contributed by atoms with Gasteiger partial charge < -0.3 is 11.1 Å². The number of urea groups is 1. The minimum atomic E-state index is -0.959. The van der Waals surface area contributed by atoms with Crippen molar-refractivity contribution in [1.82, 2.24) is 10.4 Å². The number of amides is 3. The van der Waals surface area contributed by atoms with Crippen molar-refractivity contribution in [2.45, 2.75) is 0 Å². The van der Waals surface area contributed by atoms with Crippen molar-refractivity contribution < 1.29 is 14.8 Å². The molecule has 0 spiro atoms. The van der Waals surface area contributed by atoms with Gasteiger partial charge in [-0.3, -0.25) is 10.0 Å². The van der Waals surface area contributed by atoms with Gasteiger partial charge in [-0.25, -0.2) is 9.86 Å². The van der Waals surface area contributed by atoms with Crippen molar-refractivity contribution in [1.29, 1.82) is 0 Å². The molecule has 0 saturated carbocycles. The van der Waals surface area contributed by atoms with Crippen LogP contribution in [0.5, 0.6) is 0 Å². The monoisotopic (exact) mass is 327 g/mol. The van der Waals surface area contributed by atoms with E-state index < -0.39 is 6.03 Å². The summed E-state index contributed by atoms with van der Waals surface area (Å²) in [5.41, 5.74) is 5.69. The molecule has 0 aliphatic carbocycles. The van der Waals surface area contributed by atoms with Crippen LogP contribution in [-0.4, -0.2) is 35.3 Å². The molecule has 6 nitrogen and oxygen atoms in total. The number of rotatable bonds is 5. The minimum Gasteiger partial charge on any atom is -0.351 e. The summed E-state index contributed by atoms with van der Waals surface area (Å²) in [5, 5.41) is 11.8. The van der Waals surface area contributed by atoms with Gasteiger partial charge in [-0.15, -0.1) is 0 Å². The van der Waals surface area contributed by atoms with Crippen LogP contribution in [0.25, 0.3) is 6.08 Å². The summed E-state index contributed by atoms with van der Waals surface area (Å²) in [6.07, 6.45) is 3.03. The number of halogens is 1. The normalized spacial score (nSPS) is 10.4. The summed E-state index contributed by atoms with van der Waals surface area (Å²) in [4.78, 5) is 21.9. The van der Waals surface area contributed by atoms with Crippen LogP contribution in [0.1, 0.15) is 5.56 Å². The predicted octanol–water partition coefficient (Wildman–Crippen LogP) is 1.35. The average Bonchev–Trinajstić information content (AvgIpc) is 2.37. The Morgan fingerprint density at radius 3 is 2.58 bits per heavy atom. The Balaban J connectivity index is 2.35. The summed E-state index contributed by atoms with van der Waals surface area (Å²) in [6, 6.07) is 6.49. The van der Waals surface area contributed by atoms with Gasteiger partial charge >= 0.3 is 6.03 Å². The van der Waals surface area contributed by atoms with Crippen molar-refractivity contribution >= 4 is 33.9 Å². The molecule has 3 amide bonds. The van der Waals surface area contributed by atoms with E-state index in [1.807, 2.05) is 24.3 Å². The summed E-state index contributed by atoms with van der Waals surface area (Å²) < 4.78 is 0.962. The summed E-state index contributed by atoms with van der Waals surface area (Å²) in [7, 11) is 0. The van der Waals surface area contributed by atoms with Gasteiger partial charge in [0.2, 0.25) is 5.91 Å². The standard InChI is InChI=1S/C12H14BrN3O3/c13-10-4-1-9(2-5-10)3-6-11(17)15-7-8-16(19)12(14)18/h1-6,19H,7-8H2,(H2,14,18)(H,15,17). The molecule has 0 saturated heterocycles. The number of nitrogens with one attached hydrogen (secondary N) is 1. The Kier molecular flexibility index (Phi) is 6.04. The van der Waals surface area contributed by atoms with Crippen LogP contribution in [0.4, 0.5) is 4.79 Å². The Labute approximate surface area is 119 Å². The van der Waals surface area contributed by atoms with E-state index in [0.717, 1.165) is 10.0 Å². The molecule has 19 heavy (non-hydrogen) atoms. The van der Waals surface area contributed by atoms with Crippen molar-refractivity contribution in [2.75, 3.05) is 13.1 Å². The maximum absolute atomic E-state index is 11.4. The molecule has 4 N–H and O–H groups in total. The lowest BCUT2D eigenvalue weighted by Crippen LogP contribution is -2.38. The predicted molar refractivity (Wildman–Crippen MR) is 74.3 cm³/mol. The van der Waals surface area contributed by atoms with E-state index in [1.165, 1.54) is 6.08 Å². The zero-order chi connectivity index (χ0) is 14.3. The van der Waals surface area contributed by atoms with Gasteiger partial charge in [0.25, 0.3) is 0 Å². The molecule has 1 rings (SSSR count). The number of carbonyl (C=O) groups excluding carboxylic acids is 2. The van der Waals surface area contributed by atoms with Crippen molar-refractivity contribution in [2.24, 2.45) is 5.73 Å². The van der Waals surface area contributed by atoms with Gasteiger partial charge in [0, 0.05) is 17.1 Å². The van der Waals surface area contributed by atoms with E-state index in [0.29, 0.717) is 5.06 Å². The summed E-state index contributed by atoms with van der Waals surface area (Å²) >= 11 is 3.32. The van der Waals surface area contributed by atoms with Gasteiger partial charge in [-0.1, -0.05) is 28.1 Å². The number of hydrogen-bond acceptors (Lipinski definition) is 3. The lowest BCUT2D eigenvalue weighted by molar-refractivity contribution is -0.116. The molecular weight excluding hydrogens is 314 g/mol. The smallest absolute Gasteiger partial charge is 0.338 e. The molecule has 1 aromatic rings. The molecule has 0 fully saturated rings. The molecule has 0 heterocycles. The molecule has 7 heteroatoms. The third-order valence-corrected chi connectivity index (χ3v) is 2.70. The fourth-order valence-corrected chi connectivity index (χ4v) is 1.46. The second-order valence-corrected chi connectivity index (χ2v) is 4.55. The van der Waals surface area contributed by atoms with E-state index in [4.69, 9.17) is 10.9 Å². The van der Waals surface area contributed by atoms with E-state index in [-0.39, 0.29) is 19.0 Å². The zero-order valence-corrected chi connectivity index (χ0v) is 11.6. The first-order valence-electron chi connectivity index (χ1n) is 5.46. The maximum Gasteiger partial charge on any atom is 0.338 e. The van der Waals surface area contributed by atoms with Gasteiger partial charge in [-0.2, -0.15) is 0 Å². The second-order valence-electron chi connectivity index (χ2n) is 3.64. The van der Waals surface area contributed by atoms with Gasteiger partial charge in [0.15, 0.2) is 0 Å². The van der Waals surface area contributed by atoms with E-state index >= 15 is 0 Å². The van der Waals surface area contributed by atoms with Gasteiger partial charge in [0.05, 0.1) is 6.54 Å². The quantitative estimate of drug-likeness (QED) is 0.432. The Bertz CT molecular complexity index is 474. The first kappa shape index (κ1) is 15.2. The van der Waals surface area contributed by atoms with Crippen LogP contribution in [0.2, 0.25) is 0 Å². The number of hydrogen-bond donors (Lipinski definition) is 3. The number of nitrogens with zero attached hydrogens (tertiary/aromatic N) is 1. The van der Waals surface area contributed by atoms with Gasteiger partial charge in [-0.05, 0) is 23.8 Å². The molecule has 102 valence electrons. The number of nitrogens with two attached hydrogens (primary N) is 1. The average molecular weight is 328 g/mol. The van der Waals surface area contributed by atoms with Crippen molar-refractivity contribution in [3.8, 4) is 0 Å². The molecule has 0 radical (unpaired) electrons. The highest BCUT2D eigenvalue weighted by molar-refractivity contribution is 9.10. The summed E-state index contributed by atoms with van der Waals surface area (Å²) in [6.45, 7) is 0.0517. The highest BCUT2D eigenvalue weighted by Gasteiger charge is 2.04. The van der Waals surface area contributed by atoms with Crippen molar-refractivity contribution in [3.63, 3.8) is 0 Å². The molecule has 0 aromatic heterocycles. The Hall–Kier alpha value is -1.86. The molecule has 1 aromatic carbocycles. The van der Waals surface area contributed by atoms with Crippen LogP contribution in [0, 0.1) is 0 Å². The molecule has 0 unspecified atom stereocenters. The van der Waals surface area contributed by atoms with E-state index in [2.05, 4.69) is 21.2 Å². The molecular formula is C12H14BrN3O3. The highest BCUT2D eigenvalue weighted by Crippen LogP contribution is 2.11. The summed E-state index contributed by atoms with van der Waals surface area (Å²) in [5.74, 6) is -0.319. The first-order chi connectivity index (χ1) is 8.99. The molecule has 0 aliphatic heterocycles. The van der Waals surface area contributed by atoms with Crippen LogP contribution < -0.4 is 11.1 Å². The minimum absolute atomic E-state index is 0.0623.